The van der Waals surface area contributed by atoms with E-state index in [0.717, 1.165) is 27.8 Å². The van der Waals surface area contributed by atoms with Crippen LogP contribution in [0.4, 0.5) is 0 Å². The van der Waals surface area contributed by atoms with Gasteiger partial charge in [-0.3, -0.25) is 0 Å². The van der Waals surface area contributed by atoms with E-state index in [2.05, 4.69) is 15.0 Å². The quantitative estimate of drug-likeness (QED) is 0.720. The van der Waals surface area contributed by atoms with Crippen LogP contribution in [-0.4, -0.2) is 19.5 Å². The van der Waals surface area contributed by atoms with Crippen LogP contribution in [0, 0.1) is 0 Å². The van der Waals surface area contributed by atoms with E-state index in [9.17, 15) is 0 Å². The molecule has 0 atom stereocenters. The van der Waals surface area contributed by atoms with Gasteiger partial charge in [-0.15, -0.1) is 0 Å². The van der Waals surface area contributed by atoms with Crippen LogP contribution in [-0.2, 0) is 12.8 Å². The average molecular weight is 244 g/mol. The first kappa shape index (κ1) is 10.4. The fourth-order valence-electron chi connectivity index (χ4n) is 1.70. The zero-order valence-corrected chi connectivity index (χ0v) is 10.2. The highest BCUT2D eigenvalue weighted by Gasteiger charge is 2.05. The third kappa shape index (κ3) is 2.06. The molecule has 1 N–H and O–H groups in total. The van der Waals surface area contributed by atoms with Crippen LogP contribution in [0.1, 0.15) is 5.82 Å². The molecule has 3 rings (SSSR count). The first-order valence-electron chi connectivity index (χ1n) is 5.37. The molecule has 86 valence electrons. The first-order valence-corrected chi connectivity index (χ1v) is 6.35. The van der Waals surface area contributed by atoms with Crippen molar-refractivity contribution in [3.05, 3.63) is 42.5 Å². The Bertz CT molecular complexity index is 608. The Morgan fingerprint density at radius 3 is 3.00 bits per heavy atom. The molecule has 2 heterocycles. The van der Waals surface area contributed by atoms with Gasteiger partial charge in [0.05, 0.1) is 16.8 Å². The van der Waals surface area contributed by atoms with Crippen molar-refractivity contribution < 1.29 is 0 Å². The third-order valence-electron chi connectivity index (χ3n) is 2.55. The summed E-state index contributed by atoms with van der Waals surface area (Å²) in [6.45, 7) is 0. The van der Waals surface area contributed by atoms with Crippen LogP contribution in [0.5, 0.6) is 0 Å². The second-order valence-electron chi connectivity index (χ2n) is 3.81. The monoisotopic (exact) mass is 244 g/mol. The highest BCUT2D eigenvalue weighted by Crippen LogP contribution is 2.20. The SMILES string of the molecule is Cn1ccnc1SCc1nc2ccccc2[nH]1. The van der Waals surface area contributed by atoms with Crippen LogP contribution in [0.2, 0.25) is 0 Å². The number of imidazole rings is 2. The average Bonchev–Trinajstić information content (AvgIpc) is 2.92. The molecular weight excluding hydrogens is 232 g/mol. The number of aromatic amines is 1. The lowest BCUT2D eigenvalue weighted by molar-refractivity contribution is 0.789. The molecule has 0 saturated carbocycles. The van der Waals surface area contributed by atoms with Crippen LogP contribution in [0.25, 0.3) is 11.0 Å². The predicted octanol–water partition coefficient (Wildman–Crippen LogP) is 2.59. The topological polar surface area (TPSA) is 46.5 Å². The van der Waals surface area contributed by atoms with Gasteiger partial charge in [-0.05, 0) is 12.1 Å². The van der Waals surface area contributed by atoms with Gasteiger partial charge in [0.15, 0.2) is 5.16 Å². The number of nitrogens with one attached hydrogen (secondary N) is 1. The Kier molecular flexibility index (Phi) is 2.60. The van der Waals surface area contributed by atoms with Gasteiger partial charge in [0.25, 0.3) is 0 Å². The number of hydrogen-bond donors (Lipinski definition) is 1. The number of para-hydroxylation sites is 2. The summed E-state index contributed by atoms with van der Waals surface area (Å²) < 4.78 is 2.01. The summed E-state index contributed by atoms with van der Waals surface area (Å²) in [7, 11) is 1.99. The van der Waals surface area contributed by atoms with Crippen molar-refractivity contribution in [3.63, 3.8) is 0 Å². The Morgan fingerprint density at radius 1 is 1.35 bits per heavy atom. The van der Waals surface area contributed by atoms with Gasteiger partial charge in [0.1, 0.15) is 5.82 Å². The lowest BCUT2D eigenvalue weighted by Crippen LogP contribution is -1.90. The minimum atomic E-state index is 0.805. The number of thioether (sulfide) groups is 1. The third-order valence-corrected chi connectivity index (χ3v) is 3.62. The summed E-state index contributed by atoms with van der Waals surface area (Å²) in [4.78, 5) is 12.1. The number of hydrogen-bond acceptors (Lipinski definition) is 3. The molecule has 0 bridgehead atoms. The van der Waals surface area contributed by atoms with Crippen molar-refractivity contribution >= 4 is 22.8 Å². The number of rotatable bonds is 3. The maximum absolute atomic E-state index is 4.53. The molecule has 1 aromatic carbocycles. The molecule has 0 saturated heterocycles. The minimum Gasteiger partial charge on any atom is -0.341 e. The molecule has 4 nitrogen and oxygen atoms in total. The van der Waals surface area contributed by atoms with Gasteiger partial charge in [0.2, 0.25) is 0 Å². The zero-order chi connectivity index (χ0) is 11.7. The van der Waals surface area contributed by atoms with Crippen molar-refractivity contribution in [2.24, 2.45) is 7.05 Å². The molecule has 5 heteroatoms. The largest absolute Gasteiger partial charge is 0.341 e. The fraction of sp³-hybridized carbons (Fsp3) is 0.167. The number of H-pyrrole nitrogens is 1. The van der Waals surface area contributed by atoms with Crippen molar-refractivity contribution in [2.75, 3.05) is 0 Å². The maximum Gasteiger partial charge on any atom is 0.168 e. The van der Waals surface area contributed by atoms with Crippen LogP contribution in [0.15, 0.2) is 41.8 Å². The van der Waals surface area contributed by atoms with Gasteiger partial charge in [-0.2, -0.15) is 0 Å². The Labute approximate surface area is 103 Å². The second kappa shape index (κ2) is 4.25. The summed E-state index contributed by atoms with van der Waals surface area (Å²) in [5.74, 6) is 1.79. The highest BCUT2D eigenvalue weighted by atomic mass is 32.2. The van der Waals surface area contributed by atoms with E-state index in [0.29, 0.717) is 0 Å². The van der Waals surface area contributed by atoms with E-state index in [4.69, 9.17) is 0 Å². The van der Waals surface area contributed by atoms with E-state index >= 15 is 0 Å². The molecular formula is C12H12N4S. The lowest BCUT2D eigenvalue weighted by atomic mass is 10.3. The van der Waals surface area contributed by atoms with Crippen LogP contribution in [0.3, 0.4) is 0 Å². The molecule has 17 heavy (non-hydrogen) atoms. The standard InChI is InChI=1S/C12H12N4S/c1-16-7-6-13-12(16)17-8-11-14-9-4-2-3-5-10(9)15-11/h2-7H,8H2,1H3,(H,14,15). The number of aryl methyl sites for hydroxylation is 1. The Hall–Kier alpha value is -1.75. The van der Waals surface area contributed by atoms with Gasteiger partial charge in [-0.25, -0.2) is 9.97 Å². The molecule has 0 spiro atoms. The molecule has 2 aromatic heterocycles. The summed E-state index contributed by atoms with van der Waals surface area (Å²) in [6, 6.07) is 8.06. The second-order valence-corrected chi connectivity index (χ2v) is 4.75. The number of nitrogens with zero attached hydrogens (tertiary/aromatic N) is 3. The van der Waals surface area contributed by atoms with Crippen molar-refractivity contribution in [2.45, 2.75) is 10.9 Å². The molecule has 0 unspecified atom stereocenters. The van der Waals surface area contributed by atoms with Crippen molar-refractivity contribution in [1.29, 1.82) is 0 Å². The molecule has 0 aliphatic carbocycles. The van der Waals surface area contributed by atoms with E-state index in [1.54, 1.807) is 18.0 Å². The van der Waals surface area contributed by atoms with E-state index in [-0.39, 0.29) is 0 Å². The molecule has 0 amide bonds. The summed E-state index contributed by atoms with van der Waals surface area (Å²) in [5, 5.41) is 1.01. The predicted molar refractivity (Wildman–Crippen MR) is 68.9 cm³/mol. The fourth-order valence-corrected chi connectivity index (χ4v) is 2.50. The number of aromatic nitrogens is 4. The number of fused-ring (bicyclic) bond motifs is 1. The molecule has 0 aliphatic heterocycles. The van der Waals surface area contributed by atoms with E-state index in [1.165, 1.54) is 0 Å². The maximum atomic E-state index is 4.53. The van der Waals surface area contributed by atoms with Gasteiger partial charge in [-0.1, -0.05) is 23.9 Å². The summed E-state index contributed by atoms with van der Waals surface area (Å²) in [5.41, 5.74) is 2.10. The van der Waals surface area contributed by atoms with E-state index < -0.39 is 0 Å². The van der Waals surface area contributed by atoms with E-state index in [1.807, 2.05) is 42.1 Å². The number of benzene rings is 1. The Morgan fingerprint density at radius 2 is 2.24 bits per heavy atom. The molecule has 0 fully saturated rings. The Balaban J connectivity index is 1.79. The molecule has 0 radical (unpaired) electrons. The normalized spacial score (nSPS) is 11.1. The minimum absolute atomic E-state index is 0.805. The van der Waals surface area contributed by atoms with Crippen molar-refractivity contribution in [3.8, 4) is 0 Å². The van der Waals surface area contributed by atoms with Crippen LogP contribution >= 0.6 is 11.8 Å². The zero-order valence-electron chi connectivity index (χ0n) is 9.42. The summed E-state index contributed by atoms with van der Waals surface area (Å²) in [6.07, 6.45) is 3.75. The first-order chi connectivity index (χ1) is 8.33. The lowest BCUT2D eigenvalue weighted by Gasteiger charge is -1.98. The molecule has 0 aliphatic rings. The van der Waals surface area contributed by atoms with Gasteiger partial charge >= 0.3 is 0 Å². The van der Waals surface area contributed by atoms with Crippen molar-refractivity contribution in [1.82, 2.24) is 19.5 Å². The van der Waals surface area contributed by atoms with Gasteiger partial charge in [0, 0.05) is 19.4 Å². The smallest absolute Gasteiger partial charge is 0.168 e. The highest BCUT2D eigenvalue weighted by molar-refractivity contribution is 7.98. The molecule has 3 aromatic rings. The van der Waals surface area contributed by atoms with Gasteiger partial charge < -0.3 is 9.55 Å². The van der Waals surface area contributed by atoms with Crippen LogP contribution < -0.4 is 0 Å². The summed E-state index contributed by atoms with van der Waals surface area (Å²) >= 11 is 1.68.